The third-order valence-electron chi connectivity index (χ3n) is 3.35. The van der Waals surface area contributed by atoms with Crippen molar-refractivity contribution in [2.24, 2.45) is 5.10 Å². The number of carbonyl (C=O) groups is 1. The van der Waals surface area contributed by atoms with Crippen molar-refractivity contribution in [3.8, 4) is 0 Å². The molecule has 20 heavy (non-hydrogen) atoms. The van der Waals surface area contributed by atoms with Crippen LogP contribution in [-0.2, 0) is 11.2 Å². The van der Waals surface area contributed by atoms with Crippen molar-refractivity contribution in [1.82, 2.24) is 5.01 Å². The van der Waals surface area contributed by atoms with E-state index in [4.69, 9.17) is 23.2 Å². The molecule has 3 nitrogen and oxygen atoms in total. The predicted octanol–water partition coefficient (Wildman–Crippen LogP) is 4.01. The Balaban J connectivity index is 2.16. The molecular weight excluding hydrogens is 295 g/mol. The summed E-state index contributed by atoms with van der Waals surface area (Å²) in [6.45, 7) is 3.80. The standard InChI is InChI=1S/C15H16Cl2N2O/c1-4-11-14(18-19(3)15(11)20)6-5-10-7-9(2)12(16)8-13(10)17/h4,7-8H,5-6H2,1-3H3/b11-4+. The number of rotatable bonds is 3. The zero-order chi connectivity index (χ0) is 14.9. The van der Waals surface area contributed by atoms with Crippen molar-refractivity contribution in [3.63, 3.8) is 0 Å². The first kappa shape index (κ1) is 15.1. The molecule has 0 bridgehead atoms. The maximum absolute atomic E-state index is 11.8. The van der Waals surface area contributed by atoms with Gasteiger partial charge in [-0.1, -0.05) is 35.3 Å². The van der Waals surface area contributed by atoms with Crippen LogP contribution in [0.15, 0.2) is 28.9 Å². The van der Waals surface area contributed by atoms with Gasteiger partial charge < -0.3 is 0 Å². The van der Waals surface area contributed by atoms with Crippen molar-refractivity contribution >= 4 is 34.8 Å². The molecule has 0 N–H and O–H groups in total. The van der Waals surface area contributed by atoms with Gasteiger partial charge >= 0.3 is 0 Å². The maximum Gasteiger partial charge on any atom is 0.275 e. The van der Waals surface area contributed by atoms with Gasteiger partial charge in [-0.3, -0.25) is 4.79 Å². The second kappa shape index (κ2) is 5.98. The molecule has 0 saturated carbocycles. The van der Waals surface area contributed by atoms with Crippen LogP contribution in [-0.4, -0.2) is 23.7 Å². The first-order valence-electron chi connectivity index (χ1n) is 6.40. The molecule has 1 aliphatic heterocycles. The monoisotopic (exact) mass is 310 g/mol. The Morgan fingerprint density at radius 1 is 1.25 bits per heavy atom. The third-order valence-corrected chi connectivity index (χ3v) is 4.11. The van der Waals surface area contributed by atoms with Crippen LogP contribution < -0.4 is 0 Å². The van der Waals surface area contributed by atoms with E-state index < -0.39 is 0 Å². The Morgan fingerprint density at radius 2 is 1.95 bits per heavy atom. The summed E-state index contributed by atoms with van der Waals surface area (Å²) >= 11 is 12.2. The van der Waals surface area contributed by atoms with Gasteiger partial charge in [0.25, 0.3) is 5.91 Å². The lowest BCUT2D eigenvalue weighted by atomic mass is 10.0. The van der Waals surface area contributed by atoms with Crippen LogP contribution in [0.4, 0.5) is 0 Å². The van der Waals surface area contributed by atoms with Crippen LogP contribution in [0, 0.1) is 6.92 Å². The lowest BCUT2D eigenvalue weighted by Crippen LogP contribution is -2.16. The lowest BCUT2D eigenvalue weighted by Gasteiger charge is -2.07. The number of carbonyl (C=O) groups excluding carboxylic acids is 1. The number of aryl methyl sites for hydroxylation is 2. The quantitative estimate of drug-likeness (QED) is 0.776. The number of allylic oxidation sites excluding steroid dienone is 1. The molecular formula is C15H16Cl2N2O. The molecule has 1 aromatic carbocycles. The number of halogens is 2. The fraction of sp³-hybridized carbons (Fsp3) is 0.333. The largest absolute Gasteiger partial charge is 0.275 e. The van der Waals surface area contributed by atoms with Gasteiger partial charge in [-0.05, 0) is 43.9 Å². The van der Waals surface area contributed by atoms with E-state index in [9.17, 15) is 4.79 Å². The topological polar surface area (TPSA) is 32.7 Å². The van der Waals surface area contributed by atoms with E-state index in [0.29, 0.717) is 22.0 Å². The summed E-state index contributed by atoms with van der Waals surface area (Å²) in [5, 5.41) is 6.97. The highest BCUT2D eigenvalue weighted by Gasteiger charge is 2.26. The van der Waals surface area contributed by atoms with E-state index in [1.807, 2.05) is 19.9 Å². The Labute approximate surface area is 128 Å². The van der Waals surface area contributed by atoms with Crippen molar-refractivity contribution in [2.45, 2.75) is 26.7 Å². The SMILES string of the molecule is C/C=C1/C(=O)N(C)N=C1CCc1cc(C)c(Cl)cc1Cl. The van der Waals surface area contributed by atoms with Crippen molar-refractivity contribution in [1.29, 1.82) is 0 Å². The Bertz CT molecular complexity index is 621. The summed E-state index contributed by atoms with van der Waals surface area (Å²) in [5.41, 5.74) is 3.51. The van der Waals surface area contributed by atoms with Gasteiger partial charge in [0.2, 0.25) is 0 Å². The number of nitrogens with zero attached hydrogens (tertiary/aromatic N) is 2. The smallest absolute Gasteiger partial charge is 0.267 e. The Morgan fingerprint density at radius 3 is 2.60 bits per heavy atom. The van der Waals surface area contributed by atoms with Crippen LogP contribution in [0.1, 0.15) is 24.5 Å². The van der Waals surface area contributed by atoms with Crippen molar-refractivity contribution in [3.05, 3.63) is 45.0 Å². The third kappa shape index (κ3) is 2.89. The molecule has 2 rings (SSSR count). The van der Waals surface area contributed by atoms with E-state index in [0.717, 1.165) is 23.3 Å². The van der Waals surface area contributed by atoms with Gasteiger partial charge in [0.1, 0.15) is 0 Å². The zero-order valence-electron chi connectivity index (χ0n) is 11.7. The minimum absolute atomic E-state index is 0.0547. The number of likely N-dealkylation sites (N-methyl/N-ethyl adjacent to an activating group) is 1. The molecule has 0 unspecified atom stereocenters. The summed E-state index contributed by atoms with van der Waals surface area (Å²) in [6.07, 6.45) is 3.21. The number of hydrogen-bond donors (Lipinski definition) is 0. The minimum atomic E-state index is -0.0547. The second-order valence-corrected chi connectivity index (χ2v) is 5.59. The average molecular weight is 311 g/mol. The Hall–Kier alpha value is -1.32. The fourth-order valence-electron chi connectivity index (χ4n) is 2.21. The number of hydrazone groups is 1. The van der Waals surface area contributed by atoms with E-state index in [1.54, 1.807) is 19.2 Å². The molecule has 0 saturated heterocycles. The fourth-order valence-corrected chi connectivity index (χ4v) is 2.69. The lowest BCUT2D eigenvalue weighted by molar-refractivity contribution is -0.124. The predicted molar refractivity (Wildman–Crippen MR) is 83.5 cm³/mol. The summed E-state index contributed by atoms with van der Waals surface area (Å²) in [4.78, 5) is 11.8. The van der Waals surface area contributed by atoms with Gasteiger partial charge in [-0.2, -0.15) is 5.10 Å². The van der Waals surface area contributed by atoms with Crippen LogP contribution in [0.2, 0.25) is 10.0 Å². The molecule has 0 fully saturated rings. The van der Waals surface area contributed by atoms with Crippen LogP contribution >= 0.6 is 23.2 Å². The van der Waals surface area contributed by atoms with E-state index in [2.05, 4.69) is 5.10 Å². The molecule has 0 spiro atoms. The normalized spacial score (nSPS) is 17.1. The second-order valence-electron chi connectivity index (χ2n) is 4.77. The van der Waals surface area contributed by atoms with Crippen molar-refractivity contribution in [2.75, 3.05) is 7.05 Å². The molecule has 0 atom stereocenters. The molecule has 1 amide bonds. The number of amides is 1. The minimum Gasteiger partial charge on any atom is -0.267 e. The van der Waals surface area contributed by atoms with E-state index in [1.165, 1.54) is 5.01 Å². The highest BCUT2D eigenvalue weighted by Crippen LogP contribution is 2.27. The van der Waals surface area contributed by atoms with Gasteiger partial charge in [-0.25, -0.2) is 5.01 Å². The summed E-state index contributed by atoms with van der Waals surface area (Å²) in [7, 11) is 1.66. The van der Waals surface area contributed by atoms with Crippen LogP contribution in [0.5, 0.6) is 0 Å². The van der Waals surface area contributed by atoms with Gasteiger partial charge in [0.05, 0.1) is 11.3 Å². The average Bonchev–Trinajstić information content (AvgIpc) is 2.67. The van der Waals surface area contributed by atoms with Gasteiger partial charge in [0.15, 0.2) is 0 Å². The van der Waals surface area contributed by atoms with Crippen LogP contribution in [0.25, 0.3) is 0 Å². The van der Waals surface area contributed by atoms with Gasteiger partial charge in [-0.15, -0.1) is 0 Å². The molecule has 0 radical (unpaired) electrons. The zero-order valence-corrected chi connectivity index (χ0v) is 13.2. The van der Waals surface area contributed by atoms with Crippen LogP contribution in [0.3, 0.4) is 0 Å². The number of hydrogen-bond acceptors (Lipinski definition) is 2. The van der Waals surface area contributed by atoms with E-state index >= 15 is 0 Å². The van der Waals surface area contributed by atoms with Crippen molar-refractivity contribution < 1.29 is 4.79 Å². The molecule has 1 aliphatic rings. The van der Waals surface area contributed by atoms with E-state index in [-0.39, 0.29) is 5.91 Å². The summed E-state index contributed by atoms with van der Waals surface area (Å²) in [6, 6.07) is 3.75. The highest BCUT2D eigenvalue weighted by molar-refractivity contribution is 6.35. The molecule has 1 aromatic rings. The molecule has 5 heteroatoms. The summed E-state index contributed by atoms with van der Waals surface area (Å²) in [5.74, 6) is -0.0547. The first-order valence-corrected chi connectivity index (χ1v) is 7.16. The molecule has 0 aliphatic carbocycles. The molecule has 106 valence electrons. The van der Waals surface area contributed by atoms with Gasteiger partial charge in [0, 0.05) is 17.1 Å². The number of benzene rings is 1. The first-order chi connectivity index (χ1) is 9.43. The highest BCUT2D eigenvalue weighted by atomic mass is 35.5. The Kier molecular flexibility index (Phi) is 4.51. The summed E-state index contributed by atoms with van der Waals surface area (Å²) < 4.78 is 0. The maximum atomic E-state index is 11.8. The molecule has 1 heterocycles. The molecule has 0 aromatic heterocycles.